The molecule has 1 aliphatic rings. The third kappa shape index (κ3) is 2.17. The summed E-state index contributed by atoms with van der Waals surface area (Å²) in [7, 11) is 0. The Labute approximate surface area is 68.8 Å². The molecule has 1 nitrogen and oxygen atoms in total. The minimum Gasteiger partial charge on any atom is -0.327 e. The average Bonchev–Trinajstić information content (AvgIpc) is 2.05. The number of thiol groups is 1. The van der Waals surface area contributed by atoms with E-state index in [0.29, 0.717) is 6.04 Å². The Balaban J connectivity index is 2.24. The predicted molar refractivity (Wildman–Crippen MR) is 48.4 cm³/mol. The van der Waals surface area contributed by atoms with E-state index in [4.69, 9.17) is 5.73 Å². The molecule has 60 valence electrons. The van der Waals surface area contributed by atoms with Gasteiger partial charge in [-0.05, 0) is 18.8 Å². The van der Waals surface area contributed by atoms with E-state index in [-0.39, 0.29) is 0 Å². The van der Waals surface area contributed by atoms with Gasteiger partial charge in [-0.1, -0.05) is 19.3 Å². The molecule has 0 aliphatic heterocycles. The third-order valence-corrected chi connectivity index (χ3v) is 2.89. The maximum atomic E-state index is 5.87. The summed E-state index contributed by atoms with van der Waals surface area (Å²) in [5.41, 5.74) is 5.87. The zero-order valence-corrected chi connectivity index (χ0v) is 7.32. The average molecular weight is 159 g/mol. The Morgan fingerprint density at radius 2 is 1.90 bits per heavy atom. The SMILES string of the molecule is NC(CS)C1CCCCC1. The van der Waals surface area contributed by atoms with Crippen LogP contribution in [-0.4, -0.2) is 11.8 Å². The molecule has 0 aromatic rings. The molecule has 1 fully saturated rings. The first-order valence-electron chi connectivity index (χ1n) is 4.21. The topological polar surface area (TPSA) is 26.0 Å². The highest BCUT2D eigenvalue weighted by Gasteiger charge is 2.18. The molecule has 0 heterocycles. The van der Waals surface area contributed by atoms with Crippen molar-refractivity contribution in [2.24, 2.45) is 11.7 Å². The summed E-state index contributed by atoms with van der Waals surface area (Å²) < 4.78 is 0. The third-order valence-electron chi connectivity index (χ3n) is 2.47. The van der Waals surface area contributed by atoms with Gasteiger partial charge in [0, 0.05) is 11.8 Å². The summed E-state index contributed by atoms with van der Waals surface area (Å²) in [5.74, 6) is 1.62. The van der Waals surface area contributed by atoms with Crippen molar-refractivity contribution in [1.82, 2.24) is 0 Å². The van der Waals surface area contributed by atoms with Crippen LogP contribution in [0.2, 0.25) is 0 Å². The van der Waals surface area contributed by atoms with Gasteiger partial charge in [0.1, 0.15) is 0 Å². The number of nitrogens with two attached hydrogens (primary N) is 1. The fraction of sp³-hybridized carbons (Fsp3) is 1.00. The number of rotatable bonds is 2. The van der Waals surface area contributed by atoms with Crippen molar-refractivity contribution in [3.05, 3.63) is 0 Å². The molecule has 0 spiro atoms. The quantitative estimate of drug-likeness (QED) is 0.591. The van der Waals surface area contributed by atoms with Crippen molar-refractivity contribution >= 4 is 12.6 Å². The molecule has 0 bridgehead atoms. The summed E-state index contributed by atoms with van der Waals surface area (Å²) in [4.78, 5) is 0. The molecule has 10 heavy (non-hydrogen) atoms. The smallest absolute Gasteiger partial charge is 0.0156 e. The Morgan fingerprint density at radius 1 is 1.30 bits per heavy atom. The van der Waals surface area contributed by atoms with Crippen molar-refractivity contribution in [2.45, 2.75) is 38.1 Å². The van der Waals surface area contributed by atoms with E-state index in [2.05, 4.69) is 12.6 Å². The molecular weight excluding hydrogens is 142 g/mol. The van der Waals surface area contributed by atoms with Gasteiger partial charge in [0.2, 0.25) is 0 Å². The lowest BCUT2D eigenvalue weighted by molar-refractivity contribution is 0.319. The van der Waals surface area contributed by atoms with Crippen LogP contribution in [0.4, 0.5) is 0 Å². The van der Waals surface area contributed by atoms with E-state index in [0.717, 1.165) is 11.7 Å². The highest BCUT2D eigenvalue weighted by atomic mass is 32.1. The molecule has 1 atom stereocenters. The van der Waals surface area contributed by atoms with Crippen LogP contribution in [0.15, 0.2) is 0 Å². The van der Waals surface area contributed by atoms with Gasteiger partial charge in [0.25, 0.3) is 0 Å². The first kappa shape index (κ1) is 8.41. The van der Waals surface area contributed by atoms with Crippen LogP contribution < -0.4 is 5.73 Å². The molecule has 0 radical (unpaired) electrons. The lowest BCUT2D eigenvalue weighted by Crippen LogP contribution is -2.33. The Hall–Kier alpha value is 0.310. The second-order valence-corrected chi connectivity index (χ2v) is 3.61. The molecule has 1 unspecified atom stereocenters. The zero-order chi connectivity index (χ0) is 7.40. The van der Waals surface area contributed by atoms with Crippen molar-refractivity contribution in [1.29, 1.82) is 0 Å². The Bertz CT molecular complexity index is 89.3. The predicted octanol–water partition coefficient (Wildman–Crippen LogP) is 1.82. The highest BCUT2D eigenvalue weighted by Crippen LogP contribution is 2.25. The summed E-state index contributed by atoms with van der Waals surface area (Å²) in [6.45, 7) is 0. The van der Waals surface area contributed by atoms with Gasteiger partial charge in [-0.3, -0.25) is 0 Å². The molecular formula is C8H17NS. The lowest BCUT2D eigenvalue weighted by Gasteiger charge is -2.26. The standard InChI is InChI=1S/C8H17NS/c9-8(6-10)7-4-2-1-3-5-7/h7-8,10H,1-6,9H2. The van der Waals surface area contributed by atoms with Crippen LogP contribution in [0.1, 0.15) is 32.1 Å². The summed E-state index contributed by atoms with van der Waals surface area (Å²) in [6, 6.07) is 0.351. The van der Waals surface area contributed by atoms with Gasteiger partial charge in [0.05, 0.1) is 0 Å². The van der Waals surface area contributed by atoms with Crippen LogP contribution in [0.3, 0.4) is 0 Å². The first-order valence-corrected chi connectivity index (χ1v) is 4.84. The van der Waals surface area contributed by atoms with Gasteiger partial charge >= 0.3 is 0 Å². The van der Waals surface area contributed by atoms with Gasteiger partial charge in [-0.25, -0.2) is 0 Å². The maximum absolute atomic E-state index is 5.87. The van der Waals surface area contributed by atoms with E-state index in [1.54, 1.807) is 0 Å². The molecule has 1 aliphatic carbocycles. The van der Waals surface area contributed by atoms with Crippen LogP contribution in [0, 0.1) is 5.92 Å². The Kier molecular flexibility index (Phi) is 3.57. The van der Waals surface area contributed by atoms with Crippen LogP contribution >= 0.6 is 12.6 Å². The second-order valence-electron chi connectivity index (χ2n) is 3.24. The van der Waals surface area contributed by atoms with Gasteiger partial charge < -0.3 is 5.73 Å². The van der Waals surface area contributed by atoms with Gasteiger partial charge in [-0.2, -0.15) is 12.6 Å². The molecule has 0 aromatic carbocycles. The first-order chi connectivity index (χ1) is 4.84. The van der Waals surface area contributed by atoms with E-state index < -0.39 is 0 Å². The maximum Gasteiger partial charge on any atom is 0.0156 e. The van der Waals surface area contributed by atoms with Crippen LogP contribution in [0.25, 0.3) is 0 Å². The lowest BCUT2D eigenvalue weighted by atomic mass is 9.85. The molecule has 1 saturated carbocycles. The molecule has 1 rings (SSSR count). The van der Waals surface area contributed by atoms with E-state index in [9.17, 15) is 0 Å². The van der Waals surface area contributed by atoms with Crippen molar-refractivity contribution in [3.63, 3.8) is 0 Å². The second kappa shape index (κ2) is 4.24. The summed E-state index contributed by atoms with van der Waals surface area (Å²) in [5, 5.41) is 0. The number of hydrogen-bond donors (Lipinski definition) is 2. The fourth-order valence-corrected chi connectivity index (χ4v) is 2.01. The van der Waals surface area contributed by atoms with E-state index in [1.165, 1.54) is 32.1 Å². The Morgan fingerprint density at radius 3 is 2.40 bits per heavy atom. The summed E-state index contributed by atoms with van der Waals surface area (Å²) >= 11 is 4.20. The molecule has 2 heteroatoms. The minimum atomic E-state index is 0.351. The molecule has 0 saturated heterocycles. The largest absolute Gasteiger partial charge is 0.327 e. The van der Waals surface area contributed by atoms with Crippen molar-refractivity contribution < 1.29 is 0 Å². The van der Waals surface area contributed by atoms with E-state index in [1.807, 2.05) is 0 Å². The molecule has 2 N–H and O–H groups in total. The monoisotopic (exact) mass is 159 g/mol. The van der Waals surface area contributed by atoms with Crippen LogP contribution in [0.5, 0.6) is 0 Å². The minimum absolute atomic E-state index is 0.351. The van der Waals surface area contributed by atoms with Gasteiger partial charge in [-0.15, -0.1) is 0 Å². The zero-order valence-electron chi connectivity index (χ0n) is 6.42. The normalized spacial score (nSPS) is 24.6. The number of hydrogen-bond acceptors (Lipinski definition) is 2. The molecule has 0 aromatic heterocycles. The highest BCUT2D eigenvalue weighted by molar-refractivity contribution is 7.80. The van der Waals surface area contributed by atoms with E-state index >= 15 is 0 Å². The fourth-order valence-electron chi connectivity index (χ4n) is 1.71. The molecule has 0 amide bonds. The van der Waals surface area contributed by atoms with Crippen molar-refractivity contribution in [3.8, 4) is 0 Å². The van der Waals surface area contributed by atoms with Crippen molar-refractivity contribution in [2.75, 3.05) is 5.75 Å². The van der Waals surface area contributed by atoms with Gasteiger partial charge in [0.15, 0.2) is 0 Å². The summed E-state index contributed by atoms with van der Waals surface area (Å²) in [6.07, 6.45) is 6.84. The van der Waals surface area contributed by atoms with Crippen LogP contribution in [-0.2, 0) is 0 Å².